The van der Waals surface area contributed by atoms with Crippen molar-refractivity contribution in [3.05, 3.63) is 58.1 Å². The first-order valence-electron chi connectivity index (χ1n) is 5.01. The van der Waals surface area contributed by atoms with Crippen molar-refractivity contribution >= 4 is 23.2 Å². The van der Waals surface area contributed by atoms with Gasteiger partial charge >= 0.3 is 0 Å². The number of rotatable bonds is 3. The molecule has 2 nitrogen and oxygen atoms in total. The molecule has 0 radical (unpaired) electrons. The number of aromatic hydroxyl groups is 1. The zero-order valence-electron chi connectivity index (χ0n) is 8.86. The Balaban J connectivity index is 2.05. The van der Waals surface area contributed by atoms with Crippen molar-refractivity contribution in [1.29, 1.82) is 0 Å². The maximum absolute atomic E-state index is 9.28. The Morgan fingerprint density at radius 2 is 1.88 bits per heavy atom. The minimum atomic E-state index is 0.0678. The third-order valence-electron chi connectivity index (χ3n) is 2.21. The van der Waals surface area contributed by atoms with Crippen molar-refractivity contribution in [3.63, 3.8) is 0 Å². The van der Waals surface area contributed by atoms with Crippen LogP contribution in [0.3, 0.4) is 0 Å². The molecule has 0 atom stereocenters. The van der Waals surface area contributed by atoms with E-state index in [1.807, 2.05) is 12.1 Å². The molecule has 2 rings (SSSR count). The summed E-state index contributed by atoms with van der Waals surface area (Å²) in [5.41, 5.74) is 0.882. The van der Waals surface area contributed by atoms with E-state index in [9.17, 15) is 5.11 Å². The highest BCUT2D eigenvalue weighted by atomic mass is 35.5. The van der Waals surface area contributed by atoms with Crippen LogP contribution in [0.2, 0.25) is 10.0 Å². The Bertz CT molecular complexity index is 527. The quantitative estimate of drug-likeness (QED) is 0.901. The van der Waals surface area contributed by atoms with Crippen molar-refractivity contribution in [2.75, 3.05) is 0 Å². The molecule has 0 aliphatic heterocycles. The van der Waals surface area contributed by atoms with Gasteiger partial charge in [-0.2, -0.15) is 0 Å². The van der Waals surface area contributed by atoms with Gasteiger partial charge in [0.1, 0.15) is 18.1 Å². The molecule has 0 saturated heterocycles. The lowest BCUT2D eigenvalue weighted by molar-refractivity contribution is 0.306. The molecule has 0 aliphatic carbocycles. The molecular weight excluding hydrogens is 259 g/mol. The summed E-state index contributed by atoms with van der Waals surface area (Å²) >= 11 is 11.6. The van der Waals surface area contributed by atoms with Gasteiger partial charge in [0.05, 0.1) is 5.02 Å². The van der Waals surface area contributed by atoms with Crippen molar-refractivity contribution in [2.45, 2.75) is 6.61 Å². The molecular formula is C13H10Cl2O2. The van der Waals surface area contributed by atoms with E-state index in [1.165, 1.54) is 0 Å². The standard InChI is InChI=1S/C13H10Cl2O2/c14-10-2-1-3-11(7-10)17-8-9-4-5-13(16)12(15)6-9/h1-7,16H,8H2. The fourth-order valence-electron chi connectivity index (χ4n) is 1.36. The Labute approximate surface area is 109 Å². The van der Waals surface area contributed by atoms with Gasteiger partial charge in [0, 0.05) is 5.02 Å². The molecule has 0 fully saturated rings. The van der Waals surface area contributed by atoms with Crippen LogP contribution in [0.1, 0.15) is 5.56 Å². The Kier molecular flexibility index (Phi) is 3.77. The molecule has 2 aromatic rings. The normalized spacial score (nSPS) is 10.2. The van der Waals surface area contributed by atoms with Gasteiger partial charge < -0.3 is 9.84 Å². The van der Waals surface area contributed by atoms with E-state index in [1.54, 1.807) is 30.3 Å². The van der Waals surface area contributed by atoms with Gasteiger partial charge in [-0.25, -0.2) is 0 Å². The Morgan fingerprint density at radius 1 is 1.06 bits per heavy atom. The number of halogens is 2. The van der Waals surface area contributed by atoms with E-state index in [-0.39, 0.29) is 5.75 Å². The summed E-state index contributed by atoms with van der Waals surface area (Å²) < 4.78 is 5.54. The Morgan fingerprint density at radius 3 is 2.59 bits per heavy atom. The molecule has 0 spiro atoms. The van der Waals surface area contributed by atoms with Gasteiger partial charge in [0.15, 0.2) is 0 Å². The highest BCUT2D eigenvalue weighted by molar-refractivity contribution is 6.32. The van der Waals surface area contributed by atoms with Crippen LogP contribution in [-0.2, 0) is 6.61 Å². The molecule has 0 heterocycles. The van der Waals surface area contributed by atoms with Crippen LogP contribution in [-0.4, -0.2) is 5.11 Å². The highest BCUT2D eigenvalue weighted by Gasteiger charge is 2.01. The molecule has 0 unspecified atom stereocenters. The van der Waals surface area contributed by atoms with Gasteiger partial charge in [-0.05, 0) is 35.9 Å². The molecule has 0 aromatic heterocycles. The number of phenolic OH excluding ortho intramolecular Hbond substituents is 1. The van der Waals surface area contributed by atoms with Crippen molar-refractivity contribution < 1.29 is 9.84 Å². The van der Waals surface area contributed by atoms with Crippen LogP contribution in [0.5, 0.6) is 11.5 Å². The number of hydrogen-bond donors (Lipinski definition) is 1. The molecule has 2 aromatic carbocycles. The number of ether oxygens (including phenoxy) is 1. The smallest absolute Gasteiger partial charge is 0.134 e. The zero-order valence-corrected chi connectivity index (χ0v) is 10.4. The summed E-state index contributed by atoms with van der Waals surface area (Å²) in [6.07, 6.45) is 0. The number of phenols is 1. The van der Waals surface area contributed by atoms with Crippen molar-refractivity contribution in [3.8, 4) is 11.5 Å². The average molecular weight is 269 g/mol. The molecule has 0 bridgehead atoms. The number of benzene rings is 2. The van der Waals surface area contributed by atoms with Crippen molar-refractivity contribution in [1.82, 2.24) is 0 Å². The van der Waals surface area contributed by atoms with E-state index in [0.717, 1.165) is 5.56 Å². The summed E-state index contributed by atoms with van der Waals surface area (Å²) in [7, 11) is 0. The lowest BCUT2D eigenvalue weighted by Crippen LogP contribution is -1.95. The average Bonchev–Trinajstić information content (AvgIpc) is 2.31. The van der Waals surface area contributed by atoms with E-state index in [2.05, 4.69) is 0 Å². The van der Waals surface area contributed by atoms with E-state index in [4.69, 9.17) is 27.9 Å². The summed E-state index contributed by atoms with van der Waals surface area (Å²) in [6, 6.07) is 12.1. The lowest BCUT2D eigenvalue weighted by atomic mass is 10.2. The predicted molar refractivity (Wildman–Crippen MR) is 68.9 cm³/mol. The van der Waals surface area contributed by atoms with Crippen LogP contribution in [0.4, 0.5) is 0 Å². The fourth-order valence-corrected chi connectivity index (χ4v) is 1.75. The van der Waals surface area contributed by atoms with Gasteiger partial charge in [-0.3, -0.25) is 0 Å². The SMILES string of the molecule is Oc1ccc(COc2cccc(Cl)c2)cc1Cl. The minimum Gasteiger partial charge on any atom is -0.506 e. The monoisotopic (exact) mass is 268 g/mol. The van der Waals surface area contributed by atoms with E-state index < -0.39 is 0 Å². The molecule has 88 valence electrons. The van der Waals surface area contributed by atoms with Crippen LogP contribution in [0, 0.1) is 0 Å². The summed E-state index contributed by atoms with van der Waals surface area (Å²) in [5.74, 6) is 0.764. The molecule has 1 N–H and O–H groups in total. The van der Waals surface area contributed by atoms with Crippen LogP contribution in [0.25, 0.3) is 0 Å². The molecule has 4 heteroatoms. The molecule has 0 aliphatic rings. The fraction of sp³-hybridized carbons (Fsp3) is 0.0769. The number of hydrogen-bond acceptors (Lipinski definition) is 2. The first-order valence-corrected chi connectivity index (χ1v) is 5.76. The lowest BCUT2D eigenvalue weighted by Gasteiger charge is -2.07. The predicted octanol–water partition coefficient (Wildman–Crippen LogP) is 4.28. The maximum Gasteiger partial charge on any atom is 0.134 e. The molecule has 0 amide bonds. The Hall–Kier alpha value is -1.38. The van der Waals surface area contributed by atoms with Crippen molar-refractivity contribution in [2.24, 2.45) is 0 Å². The van der Waals surface area contributed by atoms with E-state index >= 15 is 0 Å². The van der Waals surface area contributed by atoms with Gasteiger partial charge in [-0.1, -0.05) is 35.3 Å². The topological polar surface area (TPSA) is 29.5 Å². The second-order valence-corrected chi connectivity index (χ2v) is 4.38. The van der Waals surface area contributed by atoms with Gasteiger partial charge in [-0.15, -0.1) is 0 Å². The highest BCUT2D eigenvalue weighted by Crippen LogP contribution is 2.24. The first-order chi connectivity index (χ1) is 8.15. The first kappa shape index (κ1) is 12.1. The third kappa shape index (κ3) is 3.29. The van der Waals surface area contributed by atoms with E-state index in [0.29, 0.717) is 22.4 Å². The summed E-state index contributed by atoms with van der Waals surface area (Å²) in [6.45, 7) is 0.375. The minimum absolute atomic E-state index is 0.0678. The second kappa shape index (κ2) is 5.30. The maximum atomic E-state index is 9.28. The molecule has 0 saturated carbocycles. The van der Waals surface area contributed by atoms with Crippen LogP contribution in [0.15, 0.2) is 42.5 Å². The summed E-state index contributed by atoms with van der Waals surface area (Å²) in [4.78, 5) is 0. The van der Waals surface area contributed by atoms with Gasteiger partial charge in [0.25, 0.3) is 0 Å². The summed E-state index contributed by atoms with van der Waals surface area (Å²) in [5, 5.41) is 10.2. The van der Waals surface area contributed by atoms with Crippen LogP contribution >= 0.6 is 23.2 Å². The molecule has 17 heavy (non-hydrogen) atoms. The zero-order chi connectivity index (χ0) is 12.3. The van der Waals surface area contributed by atoms with Gasteiger partial charge in [0.2, 0.25) is 0 Å². The largest absolute Gasteiger partial charge is 0.506 e. The third-order valence-corrected chi connectivity index (χ3v) is 2.75. The van der Waals surface area contributed by atoms with Crippen LogP contribution < -0.4 is 4.74 Å². The second-order valence-electron chi connectivity index (χ2n) is 3.53.